The van der Waals surface area contributed by atoms with E-state index in [1.54, 1.807) is 0 Å². The lowest BCUT2D eigenvalue weighted by Gasteiger charge is -2.37. The van der Waals surface area contributed by atoms with Gasteiger partial charge in [-0.2, -0.15) is 0 Å². The van der Waals surface area contributed by atoms with E-state index < -0.39 is 0 Å². The van der Waals surface area contributed by atoms with Crippen LogP contribution in [0.5, 0.6) is 0 Å². The van der Waals surface area contributed by atoms with Crippen LogP contribution in [0.4, 0.5) is 0 Å². The number of morpholine rings is 1. The average molecular weight is 235 g/mol. The zero-order chi connectivity index (χ0) is 12.3. The minimum atomic E-state index is 0.170. The van der Waals surface area contributed by atoms with Crippen LogP contribution in [0.3, 0.4) is 0 Å². The van der Waals surface area contributed by atoms with Gasteiger partial charge in [0, 0.05) is 38.1 Å². The van der Waals surface area contributed by atoms with Gasteiger partial charge in [-0.25, -0.2) is 0 Å². The Balaban J connectivity index is 2.01. The van der Waals surface area contributed by atoms with Crippen LogP contribution >= 0.6 is 0 Å². The van der Waals surface area contributed by atoms with Crippen molar-refractivity contribution in [2.75, 3.05) is 19.7 Å². The molecular formula is C13H21N3O. The summed E-state index contributed by atoms with van der Waals surface area (Å²) in [7, 11) is 0. The first-order valence-electron chi connectivity index (χ1n) is 6.15. The molecule has 1 aromatic heterocycles. The van der Waals surface area contributed by atoms with Gasteiger partial charge >= 0.3 is 0 Å². The monoisotopic (exact) mass is 235 g/mol. The van der Waals surface area contributed by atoms with E-state index >= 15 is 0 Å². The Morgan fingerprint density at radius 1 is 1.53 bits per heavy atom. The molecule has 4 heteroatoms. The highest BCUT2D eigenvalue weighted by atomic mass is 16.5. The van der Waals surface area contributed by atoms with Crippen LogP contribution in [0.15, 0.2) is 18.5 Å². The van der Waals surface area contributed by atoms with Crippen molar-refractivity contribution in [3.63, 3.8) is 0 Å². The van der Waals surface area contributed by atoms with Crippen LogP contribution in [0.25, 0.3) is 0 Å². The highest BCUT2D eigenvalue weighted by molar-refractivity contribution is 5.16. The van der Waals surface area contributed by atoms with Gasteiger partial charge in [0.2, 0.25) is 0 Å². The van der Waals surface area contributed by atoms with Gasteiger partial charge < -0.3 is 10.5 Å². The summed E-state index contributed by atoms with van der Waals surface area (Å²) in [5.41, 5.74) is 8.13. The van der Waals surface area contributed by atoms with Crippen LogP contribution in [0, 0.1) is 6.92 Å². The van der Waals surface area contributed by atoms with Crippen LogP contribution < -0.4 is 5.73 Å². The lowest BCUT2D eigenvalue weighted by atomic mass is 10.1. The number of aromatic nitrogens is 1. The number of rotatable bonds is 3. The molecule has 2 heterocycles. The molecule has 1 aliphatic rings. The van der Waals surface area contributed by atoms with Gasteiger partial charge in [0.1, 0.15) is 0 Å². The fourth-order valence-corrected chi connectivity index (χ4v) is 2.18. The van der Waals surface area contributed by atoms with Crippen molar-refractivity contribution in [3.05, 3.63) is 29.6 Å². The van der Waals surface area contributed by atoms with E-state index in [4.69, 9.17) is 10.5 Å². The van der Waals surface area contributed by atoms with Crippen molar-refractivity contribution >= 4 is 0 Å². The second-order valence-electron chi connectivity index (χ2n) is 4.84. The predicted molar refractivity (Wildman–Crippen MR) is 67.6 cm³/mol. The Bertz CT molecular complexity index is 369. The SMILES string of the molecule is Cc1cncc(CN2CC(CN)OCC2C)c1. The highest BCUT2D eigenvalue weighted by Gasteiger charge is 2.25. The lowest BCUT2D eigenvalue weighted by molar-refractivity contribution is -0.0567. The summed E-state index contributed by atoms with van der Waals surface area (Å²) in [5.74, 6) is 0. The van der Waals surface area contributed by atoms with Crippen LogP contribution in [0.2, 0.25) is 0 Å². The predicted octanol–water partition coefficient (Wildman–Crippen LogP) is 0.938. The smallest absolute Gasteiger partial charge is 0.0824 e. The lowest BCUT2D eigenvalue weighted by Crippen LogP contribution is -2.50. The molecule has 0 radical (unpaired) electrons. The van der Waals surface area contributed by atoms with Crippen molar-refractivity contribution < 1.29 is 4.74 Å². The largest absolute Gasteiger partial charge is 0.374 e. The van der Waals surface area contributed by atoms with Gasteiger partial charge in [-0.3, -0.25) is 9.88 Å². The number of aryl methyl sites for hydroxylation is 1. The Hall–Kier alpha value is -0.970. The number of nitrogens with two attached hydrogens (primary N) is 1. The molecule has 2 rings (SSSR count). The van der Waals surface area contributed by atoms with Gasteiger partial charge in [0.25, 0.3) is 0 Å². The molecule has 2 atom stereocenters. The maximum absolute atomic E-state index is 5.66. The molecule has 0 bridgehead atoms. The van der Waals surface area contributed by atoms with Gasteiger partial charge in [0.15, 0.2) is 0 Å². The third kappa shape index (κ3) is 3.25. The standard InChI is InChI=1S/C13H21N3O/c1-10-3-12(6-15-5-10)7-16-8-13(4-14)17-9-11(16)2/h3,5-6,11,13H,4,7-9,14H2,1-2H3. The fourth-order valence-electron chi connectivity index (χ4n) is 2.18. The zero-order valence-electron chi connectivity index (χ0n) is 10.6. The summed E-state index contributed by atoms with van der Waals surface area (Å²) >= 11 is 0. The quantitative estimate of drug-likeness (QED) is 0.847. The van der Waals surface area contributed by atoms with E-state index in [1.807, 2.05) is 12.4 Å². The topological polar surface area (TPSA) is 51.4 Å². The molecule has 17 heavy (non-hydrogen) atoms. The molecule has 0 amide bonds. The summed E-state index contributed by atoms with van der Waals surface area (Å²) < 4.78 is 5.65. The first-order valence-corrected chi connectivity index (χ1v) is 6.15. The number of hydrogen-bond donors (Lipinski definition) is 1. The van der Waals surface area contributed by atoms with E-state index in [0.717, 1.165) is 19.7 Å². The van der Waals surface area contributed by atoms with Crippen LogP contribution in [-0.2, 0) is 11.3 Å². The molecule has 0 aromatic carbocycles. The van der Waals surface area contributed by atoms with E-state index in [2.05, 4.69) is 29.8 Å². The molecule has 2 N–H and O–H groups in total. The molecule has 1 aromatic rings. The summed E-state index contributed by atoms with van der Waals surface area (Å²) in [6, 6.07) is 2.63. The Morgan fingerprint density at radius 3 is 3.06 bits per heavy atom. The molecular weight excluding hydrogens is 214 g/mol. The second kappa shape index (κ2) is 5.58. The third-order valence-electron chi connectivity index (χ3n) is 3.21. The summed E-state index contributed by atoms with van der Waals surface area (Å²) in [5, 5.41) is 0. The molecule has 94 valence electrons. The fraction of sp³-hybridized carbons (Fsp3) is 0.615. The van der Waals surface area contributed by atoms with Crippen LogP contribution in [0.1, 0.15) is 18.1 Å². The van der Waals surface area contributed by atoms with Gasteiger partial charge in [-0.05, 0) is 25.0 Å². The first kappa shape index (κ1) is 12.5. The Kier molecular flexibility index (Phi) is 4.10. The molecule has 1 saturated heterocycles. The van der Waals surface area contributed by atoms with E-state index in [0.29, 0.717) is 12.6 Å². The normalized spacial score (nSPS) is 26.1. The molecule has 4 nitrogen and oxygen atoms in total. The van der Waals surface area contributed by atoms with Crippen molar-refractivity contribution in [1.29, 1.82) is 0 Å². The third-order valence-corrected chi connectivity index (χ3v) is 3.21. The number of ether oxygens (including phenoxy) is 1. The highest BCUT2D eigenvalue weighted by Crippen LogP contribution is 2.15. The summed E-state index contributed by atoms with van der Waals surface area (Å²) in [6.45, 7) is 7.45. The minimum Gasteiger partial charge on any atom is -0.374 e. The van der Waals surface area contributed by atoms with E-state index in [1.165, 1.54) is 11.1 Å². The molecule has 0 spiro atoms. The molecule has 1 aliphatic heterocycles. The Morgan fingerprint density at radius 2 is 2.35 bits per heavy atom. The van der Waals surface area contributed by atoms with Crippen molar-refractivity contribution in [2.24, 2.45) is 5.73 Å². The van der Waals surface area contributed by atoms with E-state index in [-0.39, 0.29) is 6.10 Å². The van der Waals surface area contributed by atoms with Crippen molar-refractivity contribution in [3.8, 4) is 0 Å². The number of pyridine rings is 1. The van der Waals surface area contributed by atoms with Crippen molar-refractivity contribution in [1.82, 2.24) is 9.88 Å². The van der Waals surface area contributed by atoms with Crippen molar-refractivity contribution in [2.45, 2.75) is 32.5 Å². The van der Waals surface area contributed by atoms with Gasteiger partial charge in [-0.1, -0.05) is 6.07 Å². The Labute approximate surface area is 103 Å². The maximum atomic E-state index is 5.66. The zero-order valence-corrected chi connectivity index (χ0v) is 10.6. The minimum absolute atomic E-state index is 0.170. The number of nitrogens with zero attached hydrogens (tertiary/aromatic N) is 2. The molecule has 0 aliphatic carbocycles. The van der Waals surface area contributed by atoms with Gasteiger partial charge in [-0.15, -0.1) is 0 Å². The average Bonchev–Trinajstić information content (AvgIpc) is 2.32. The molecule has 2 unspecified atom stereocenters. The van der Waals surface area contributed by atoms with Gasteiger partial charge in [0.05, 0.1) is 12.7 Å². The maximum Gasteiger partial charge on any atom is 0.0824 e. The first-order chi connectivity index (χ1) is 8.19. The summed E-state index contributed by atoms with van der Waals surface area (Å²) in [6.07, 6.45) is 3.99. The summed E-state index contributed by atoms with van der Waals surface area (Å²) in [4.78, 5) is 6.65. The van der Waals surface area contributed by atoms with E-state index in [9.17, 15) is 0 Å². The van der Waals surface area contributed by atoms with Crippen LogP contribution in [-0.4, -0.2) is 41.7 Å². The molecule has 0 saturated carbocycles. The number of hydrogen-bond acceptors (Lipinski definition) is 4. The molecule has 1 fully saturated rings. The second-order valence-corrected chi connectivity index (χ2v) is 4.84.